The summed E-state index contributed by atoms with van der Waals surface area (Å²) in [5, 5.41) is 0. The first-order valence-corrected chi connectivity index (χ1v) is 7.05. The number of hydrogen-bond acceptors (Lipinski definition) is 4. The Balaban J connectivity index is 1.69. The van der Waals surface area contributed by atoms with Gasteiger partial charge in [0.1, 0.15) is 0 Å². The Labute approximate surface area is 128 Å². The van der Waals surface area contributed by atoms with E-state index in [9.17, 15) is 0 Å². The summed E-state index contributed by atoms with van der Waals surface area (Å²) in [7, 11) is 0. The van der Waals surface area contributed by atoms with Gasteiger partial charge in [-0.05, 0) is 47.5 Å². The molecule has 1 aromatic heterocycles. The minimum atomic E-state index is -0.228. The van der Waals surface area contributed by atoms with E-state index in [1.807, 2.05) is 54.6 Å². The van der Waals surface area contributed by atoms with Crippen molar-refractivity contribution in [3.63, 3.8) is 0 Å². The lowest BCUT2D eigenvalue weighted by Crippen LogP contribution is -2.12. The van der Waals surface area contributed by atoms with Crippen LogP contribution in [-0.2, 0) is 0 Å². The predicted molar refractivity (Wildman–Crippen MR) is 83.3 cm³/mol. The van der Waals surface area contributed by atoms with Crippen molar-refractivity contribution in [3.05, 3.63) is 78.1 Å². The number of nitrogens with two attached hydrogens (primary N) is 1. The van der Waals surface area contributed by atoms with E-state index in [2.05, 4.69) is 4.98 Å². The molecule has 0 aliphatic carbocycles. The Hall–Kier alpha value is -2.85. The van der Waals surface area contributed by atoms with Crippen molar-refractivity contribution in [2.24, 2.45) is 5.73 Å². The van der Waals surface area contributed by atoms with Crippen molar-refractivity contribution < 1.29 is 9.47 Å². The third kappa shape index (κ3) is 2.19. The molecule has 4 rings (SSSR count). The molecule has 4 nitrogen and oxygen atoms in total. The van der Waals surface area contributed by atoms with Gasteiger partial charge in [-0.25, -0.2) is 0 Å². The lowest BCUT2D eigenvalue weighted by atomic mass is 10.00. The van der Waals surface area contributed by atoms with E-state index >= 15 is 0 Å². The molecule has 0 amide bonds. The SMILES string of the molecule is NC(c1ccncc1)c1ccc2c(c1)Oc1ccccc1O2. The molecule has 0 radical (unpaired) electrons. The molecule has 2 N–H and O–H groups in total. The van der Waals surface area contributed by atoms with E-state index in [1.54, 1.807) is 12.4 Å². The first kappa shape index (κ1) is 12.9. The highest BCUT2D eigenvalue weighted by Gasteiger charge is 2.20. The number of pyridine rings is 1. The summed E-state index contributed by atoms with van der Waals surface area (Å²) in [4.78, 5) is 4.02. The van der Waals surface area contributed by atoms with Gasteiger partial charge in [0.05, 0.1) is 6.04 Å². The highest BCUT2D eigenvalue weighted by atomic mass is 16.6. The Bertz CT molecular complexity index is 818. The average molecular weight is 290 g/mol. The van der Waals surface area contributed by atoms with E-state index in [1.165, 1.54) is 0 Å². The molecule has 3 aromatic rings. The zero-order valence-electron chi connectivity index (χ0n) is 11.8. The quantitative estimate of drug-likeness (QED) is 0.605. The fraction of sp³-hybridized carbons (Fsp3) is 0.0556. The van der Waals surface area contributed by atoms with Gasteiger partial charge in [-0.1, -0.05) is 18.2 Å². The Morgan fingerprint density at radius 2 is 1.36 bits per heavy atom. The Kier molecular flexibility index (Phi) is 3.02. The molecule has 4 heteroatoms. The van der Waals surface area contributed by atoms with Crippen LogP contribution < -0.4 is 15.2 Å². The van der Waals surface area contributed by atoms with Gasteiger partial charge in [-0.2, -0.15) is 0 Å². The molecule has 2 heterocycles. The summed E-state index contributed by atoms with van der Waals surface area (Å²) >= 11 is 0. The van der Waals surface area contributed by atoms with E-state index in [-0.39, 0.29) is 6.04 Å². The molecule has 1 aliphatic heterocycles. The first-order valence-electron chi connectivity index (χ1n) is 7.05. The number of para-hydroxylation sites is 2. The van der Waals surface area contributed by atoms with Gasteiger partial charge in [0.15, 0.2) is 23.0 Å². The zero-order chi connectivity index (χ0) is 14.9. The van der Waals surface area contributed by atoms with Crippen LogP contribution in [0.25, 0.3) is 0 Å². The van der Waals surface area contributed by atoms with Gasteiger partial charge < -0.3 is 15.2 Å². The van der Waals surface area contributed by atoms with Crippen LogP contribution >= 0.6 is 0 Å². The molecule has 0 fully saturated rings. The Morgan fingerprint density at radius 1 is 0.727 bits per heavy atom. The summed E-state index contributed by atoms with van der Waals surface area (Å²) in [6.07, 6.45) is 3.48. The maximum absolute atomic E-state index is 6.32. The molecule has 22 heavy (non-hydrogen) atoms. The monoisotopic (exact) mass is 290 g/mol. The van der Waals surface area contributed by atoms with Crippen LogP contribution in [0.5, 0.6) is 23.0 Å². The molecular formula is C18H14N2O2. The summed E-state index contributed by atoms with van der Waals surface area (Å²) in [6, 6.07) is 17.0. The lowest BCUT2D eigenvalue weighted by Gasteiger charge is -2.22. The van der Waals surface area contributed by atoms with Gasteiger partial charge in [0.25, 0.3) is 0 Å². The minimum absolute atomic E-state index is 0.228. The van der Waals surface area contributed by atoms with Crippen molar-refractivity contribution in [1.29, 1.82) is 0 Å². The van der Waals surface area contributed by atoms with Gasteiger partial charge in [-0.3, -0.25) is 4.98 Å². The number of hydrogen-bond donors (Lipinski definition) is 1. The van der Waals surface area contributed by atoms with Crippen LogP contribution in [-0.4, -0.2) is 4.98 Å². The van der Waals surface area contributed by atoms with Crippen molar-refractivity contribution >= 4 is 0 Å². The zero-order valence-corrected chi connectivity index (χ0v) is 11.8. The molecular weight excluding hydrogens is 276 g/mol. The van der Waals surface area contributed by atoms with Crippen molar-refractivity contribution in [3.8, 4) is 23.0 Å². The van der Waals surface area contributed by atoms with Crippen molar-refractivity contribution in [1.82, 2.24) is 4.98 Å². The maximum Gasteiger partial charge on any atom is 0.170 e. The number of rotatable bonds is 2. The second-order valence-corrected chi connectivity index (χ2v) is 5.12. The molecule has 0 bridgehead atoms. The Morgan fingerprint density at radius 3 is 2.09 bits per heavy atom. The second-order valence-electron chi connectivity index (χ2n) is 5.12. The predicted octanol–water partition coefficient (Wildman–Crippen LogP) is 4.03. The number of ether oxygens (including phenoxy) is 2. The van der Waals surface area contributed by atoms with Crippen LogP contribution in [0.3, 0.4) is 0 Å². The lowest BCUT2D eigenvalue weighted by molar-refractivity contribution is 0.359. The van der Waals surface area contributed by atoms with Crippen molar-refractivity contribution in [2.45, 2.75) is 6.04 Å². The fourth-order valence-electron chi connectivity index (χ4n) is 2.50. The smallest absolute Gasteiger partial charge is 0.170 e. The summed E-state index contributed by atoms with van der Waals surface area (Å²) in [5.74, 6) is 2.82. The largest absolute Gasteiger partial charge is 0.450 e. The first-order chi connectivity index (χ1) is 10.8. The standard InChI is InChI=1S/C18H14N2O2/c19-18(12-7-9-20-10-8-12)13-5-6-16-17(11-13)22-15-4-2-1-3-14(15)21-16/h1-11,18H,19H2. The van der Waals surface area contributed by atoms with E-state index in [0.717, 1.165) is 16.9 Å². The van der Waals surface area contributed by atoms with Crippen LogP contribution in [0.1, 0.15) is 17.2 Å². The average Bonchev–Trinajstić information content (AvgIpc) is 2.59. The molecule has 2 aromatic carbocycles. The molecule has 1 unspecified atom stereocenters. The van der Waals surface area contributed by atoms with Crippen LogP contribution in [0.2, 0.25) is 0 Å². The van der Waals surface area contributed by atoms with Gasteiger partial charge in [-0.15, -0.1) is 0 Å². The topological polar surface area (TPSA) is 57.4 Å². The van der Waals surface area contributed by atoms with Crippen molar-refractivity contribution in [2.75, 3.05) is 0 Å². The van der Waals surface area contributed by atoms with E-state index < -0.39 is 0 Å². The molecule has 0 spiro atoms. The summed E-state index contributed by atoms with van der Waals surface area (Å²) in [6.45, 7) is 0. The van der Waals surface area contributed by atoms with Gasteiger partial charge in [0.2, 0.25) is 0 Å². The van der Waals surface area contributed by atoms with Crippen LogP contribution in [0, 0.1) is 0 Å². The van der Waals surface area contributed by atoms with E-state index in [4.69, 9.17) is 15.2 Å². The second kappa shape index (κ2) is 5.16. The van der Waals surface area contributed by atoms with E-state index in [0.29, 0.717) is 17.2 Å². The molecule has 0 saturated carbocycles. The summed E-state index contributed by atoms with van der Waals surface area (Å²) in [5.41, 5.74) is 8.29. The third-order valence-corrected chi connectivity index (χ3v) is 3.68. The third-order valence-electron chi connectivity index (χ3n) is 3.68. The van der Waals surface area contributed by atoms with Crippen LogP contribution in [0.15, 0.2) is 67.0 Å². The number of fused-ring (bicyclic) bond motifs is 2. The molecule has 108 valence electrons. The number of aromatic nitrogens is 1. The highest BCUT2D eigenvalue weighted by molar-refractivity contribution is 5.55. The normalized spacial score (nSPS) is 13.3. The van der Waals surface area contributed by atoms with Gasteiger partial charge in [0, 0.05) is 12.4 Å². The maximum atomic E-state index is 6.32. The van der Waals surface area contributed by atoms with Gasteiger partial charge >= 0.3 is 0 Å². The minimum Gasteiger partial charge on any atom is -0.450 e. The summed E-state index contributed by atoms with van der Waals surface area (Å²) < 4.78 is 11.8. The molecule has 1 aliphatic rings. The highest BCUT2D eigenvalue weighted by Crippen LogP contribution is 2.45. The number of benzene rings is 2. The number of nitrogens with zero attached hydrogens (tertiary/aromatic N) is 1. The van der Waals surface area contributed by atoms with Crippen LogP contribution in [0.4, 0.5) is 0 Å². The fourth-order valence-corrected chi connectivity index (χ4v) is 2.50. The molecule has 0 saturated heterocycles. The molecule has 1 atom stereocenters.